The standard InChI is InChI=1S/C15H16Cl2N4/c1-3-21(4-2)12-7-5-11(6-8-12)10-18-15-19-13(16)9-14(17)20-15/h5-10H,3-4H2,1-2H3/b18-10+. The van der Waals surface area contributed by atoms with E-state index in [2.05, 4.69) is 45.8 Å². The van der Waals surface area contributed by atoms with E-state index in [0.717, 1.165) is 18.7 Å². The van der Waals surface area contributed by atoms with Gasteiger partial charge in [-0.1, -0.05) is 35.3 Å². The normalized spacial score (nSPS) is 11.0. The van der Waals surface area contributed by atoms with E-state index >= 15 is 0 Å². The van der Waals surface area contributed by atoms with Crippen molar-refractivity contribution in [2.75, 3.05) is 18.0 Å². The number of halogens is 2. The first-order chi connectivity index (χ1) is 10.1. The summed E-state index contributed by atoms with van der Waals surface area (Å²) in [7, 11) is 0. The Morgan fingerprint density at radius 2 is 1.62 bits per heavy atom. The van der Waals surface area contributed by atoms with Crippen molar-refractivity contribution < 1.29 is 0 Å². The summed E-state index contributed by atoms with van der Waals surface area (Å²) in [4.78, 5) is 14.4. The van der Waals surface area contributed by atoms with Crippen molar-refractivity contribution in [2.24, 2.45) is 4.99 Å². The fourth-order valence-corrected chi connectivity index (χ4v) is 2.34. The van der Waals surface area contributed by atoms with Gasteiger partial charge in [0.15, 0.2) is 0 Å². The topological polar surface area (TPSA) is 41.4 Å². The summed E-state index contributed by atoms with van der Waals surface area (Å²) in [6, 6.07) is 9.62. The molecule has 0 aliphatic carbocycles. The maximum absolute atomic E-state index is 5.80. The first-order valence-electron chi connectivity index (χ1n) is 6.71. The van der Waals surface area contributed by atoms with Gasteiger partial charge in [-0.05, 0) is 31.5 Å². The van der Waals surface area contributed by atoms with Crippen LogP contribution in [-0.4, -0.2) is 29.3 Å². The Hall–Kier alpha value is -1.65. The lowest BCUT2D eigenvalue weighted by molar-refractivity contribution is 0.866. The number of aromatic nitrogens is 2. The average Bonchev–Trinajstić information content (AvgIpc) is 2.47. The number of hydrogen-bond donors (Lipinski definition) is 0. The third-order valence-corrected chi connectivity index (χ3v) is 3.39. The second-order valence-electron chi connectivity index (χ2n) is 4.34. The molecule has 0 atom stereocenters. The molecule has 0 fully saturated rings. The summed E-state index contributed by atoms with van der Waals surface area (Å²) in [5.41, 5.74) is 2.16. The van der Waals surface area contributed by atoms with E-state index in [1.807, 2.05) is 12.1 Å². The lowest BCUT2D eigenvalue weighted by atomic mass is 10.2. The molecule has 21 heavy (non-hydrogen) atoms. The Kier molecular flexibility index (Phi) is 5.53. The van der Waals surface area contributed by atoms with Gasteiger partial charge in [-0.15, -0.1) is 0 Å². The predicted octanol–water partition coefficient (Wildman–Crippen LogP) is 4.38. The van der Waals surface area contributed by atoms with Gasteiger partial charge < -0.3 is 4.90 Å². The molecule has 1 aromatic heterocycles. The lowest BCUT2D eigenvalue weighted by Crippen LogP contribution is -2.21. The number of nitrogens with zero attached hydrogens (tertiary/aromatic N) is 4. The van der Waals surface area contributed by atoms with Crippen LogP contribution >= 0.6 is 23.2 Å². The molecule has 0 N–H and O–H groups in total. The van der Waals surface area contributed by atoms with Gasteiger partial charge in [-0.2, -0.15) is 9.97 Å². The Labute approximate surface area is 134 Å². The van der Waals surface area contributed by atoms with Gasteiger partial charge in [0.05, 0.1) is 0 Å². The zero-order valence-corrected chi connectivity index (χ0v) is 13.4. The first-order valence-corrected chi connectivity index (χ1v) is 7.47. The van der Waals surface area contributed by atoms with Gasteiger partial charge in [0, 0.05) is 31.1 Å². The highest BCUT2D eigenvalue weighted by Crippen LogP contribution is 2.17. The zero-order chi connectivity index (χ0) is 15.2. The zero-order valence-electron chi connectivity index (χ0n) is 11.9. The maximum atomic E-state index is 5.80. The molecular weight excluding hydrogens is 307 g/mol. The van der Waals surface area contributed by atoms with Gasteiger partial charge in [0.25, 0.3) is 5.95 Å². The minimum atomic E-state index is 0.250. The van der Waals surface area contributed by atoms with Crippen LogP contribution in [-0.2, 0) is 0 Å². The van der Waals surface area contributed by atoms with Crippen LogP contribution in [0.5, 0.6) is 0 Å². The summed E-state index contributed by atoms with van der Waals surface area (Å²) in [5, 5.41) is 0.554. The molecule has 4 nitrogen and oxygen atoms in total. The fraction of sp³-hybridized carbons (Fsp3) is 0.267. The van der Waals surface area contributed by atoms with Crippen LogP contribution in [0.4, 0.5) is 11.6 Å². The lowest BCUT2D eigenvalue weighted by Gasteiger charge is -2.20. The molecule has 0 aliphatic heterocycles. The van der Waals surface area contributed by atoms with Gasteiger partial charge in [0.2, 0.25) is 0 Å². The third kappa shape index (κ3) is 4.41. The quantitative estimate of drug-likeness (QED) is 0.606. The number of rotatable bonds is 5. The fourth-order valence-electron chi connectivity index (χ4n) is 1.93. The molecule has 2 rings (SSSR count). The average molecular weight is 323 g/mol. The highest BCUT2D eigenvalue weighted by Gasteiger charge is 2.01. The minimum Gasteiger partial charge on any atom is -0.372 e. The molecule has 0 saturated heterocycles. The summed E-state index contributed by atoms with van der Waals surface area (Å²) in [5.74, 6) is 0.250. The van der Waals surface area contributed by atoms with Crippen LogP contribution in [0, 0.1) is 0 Å². The van der Waals surface area contributed by atoms with Crippen molar-refractivity contribution >= 4 is 41.1 Å². The van der Waals surface area contributed by atoms with E-state index in [1.165, 1.54) is 11.8 Å². The maximum Gasteiger partial charge on any atom is 0.252 e. The Balaban J connectivity index is 2.14. The van der Waals surface area contributed by atoms with Gasteiger partial charge in [-0.3, -0.25) is 0 Å². The van der Waals surface area contributed by atoms with Crippen molar-refractivity contribution in [1.29, 1.82) is 0 Å². The molecule has 110 valence electrons. The van der Waals surface area contributed by atoms with Crippen LogP contribution in [0.25, 0.3) is 0 Å². The Morgan fingerprint density at radius 1 is 1.05 bits per heavy atom. The monoisotopic (exact) mass is 322 g/mol. The molecule has 0 spiro atoms. The van der Waals surface area contributed by atoms with Crippen molar-refractivity contribution in [1.82, 2.24) is 9.97 Å². The molecule has 0 unspecified atom stereocenters. The Morgan fingerprint density at radius 3 is 2.14 bits per heavy atom. The molecule has 0 aliphatic rings. The van der Waals surface area contributed by atoms with Crippen LogP contribution in [0.15, 0.2) is 35.3 Å². The molecule has 0 amide bonds. The SMILES string of the molecule is CCN(CC)c1ccc(/C=N/c2nc(Cl)cc(Cl)n2)cc1. The van der Waals surface area contributed by atoms with Crippen LogP contribution in [0.3, 0.4) is 0 Å². The van der Waals surface area contributed by atoms with E-state index in [1.54, 1.807) is 6.21 Å². The number of aliphatic imine (C=N–C) groups is 1. The molecule has 2 aromatic rings. The van der Waals surface area contributed by atoms with Crippen LogP contribution in [0.2, 0.25) is 10.3 Å². The highest BCUT2D eigenvalue weighted by molar-refractivity contribution is 6.33. The van der Waals surface area contributed by atoms with Crippen LogP contribution < -0.4 is 4.90 Å². The molecule has 0 radical (unpaired) electrons. The molecule has 6 heteroatoms. The molecule has 0 saturated carbocycles. The third-order valence-electron chi connectivity index (χ3n) is 3.00. The summed E-state index contributed by atoms with van der Waals surface area (Å²) < 4.78 is 0. The van der Waals surface area contributed by atoms with Crippen molar-refractivity contribution in [3.05, 3.63) is 46.2 Å². The van der Waals surface area contributed by atoms with Crippen molar-refractivity contribution in [3.63, 3.8) is 0 Å². The molecular formula is C15H16Cl2N4. The summed E-state index contributed by atoms with van der Waals surface area (Å²) in [6.07, 6.45) is 1.69. The molecule has 1 heterocycles. The second kappa shape index (κ2) is 7.38. The van der Waals surface area contributed by atoms with Crippen molar-refractivity contribution in [3.8, 4) is 0 Å². The largest absolute Gasteiger partial charge is 0.372 e. The van der Waals surface area contributed by atoms with E-state index in [9.17, 15) is 0 Å². The van der Waals surface area contributed by atoms with Crippen LogP contribution in [0.1, 0.15) is 19.4 Å². The summed E-state index contributed by atoms with van der Waals surface area (Å²) in [6.45, 7) is 6.25. The number of hydrogen-bond acceptors (Lipinski definition) is 4. The predicted molar refractivity (Wildman–Crippen MR) is 89.3 cm³/mol. The number of anilines is 1. The minimum absolute atomic E-state index is 0.250. The van der Waals surface area contributed by atoms with Gasteiger partial charge in [0.1, 0.15) is 10.3 Å². The molecule has 0 bridgehead atoms. The second-order valence-corrected chi connectivity index (χ2v) is 5.11. The van der Waals surface area contributed by atoms with E-state index in [0.29, 0.717) is 0 Å². The highest BCUT2D eigenvalue weighted by atomic mass is 35.5. The van der Waals surface area contributed by atoms with E-state index in [-0.39, 0.29) is 16.3 Å². The van der Waals surface area contributed by atoms with E-state index in [4.69, 9.17) is 23.2 Å². The van der Waals surface area contributed by atoms with Crippen molar-refractivity contribution in [2.45, 2.75) is 13.8 Å². The molecule has 1 aromatic carbocycles. The number of benzene rings is 1. The smallest absolute Gasteiger partial charge is 0.252 e. The van der Waals surface area contributed by atoms with Gasteiger partial charge in [-0.25, -0.2) is 4.99 Å². The summed E-state index contributed by atoms with van der Waals surface area (Å²) >= 11 is 11.6. The van der Waals surface area contributed by atoms with E-state index < -0.39 is 0 Å². The Bertz CT molecular complexity index is 602. The van der Waals surface area contributed by atoms with Gasteiger partial charge >= 0.3 is 0 Å². The first kappa shape index (κ1) is 15.7.